The molecule has 0 aliphatic heterocycles. The largest absolute Gasteiger partial charge is 0.340 e. The van der Waals surface area contributed by atoms with Gasteiger partial charge in [0.05, 0.1) is 5.39 Å². The van der Waals surface area contributed by atoms with Gasteiger partial charge in [-0.1, -0.05) is 22.0 Å². The quantitative estimate of drug-likeness (QED) is 0.294. The summed E-state index contributed by atoms with van der Waals surface area (Å²) >= 11 is 5.19. The zero-order chi connectivity index (χ0) is 21.2. The standard InChI is InChI=1S/C23H20BrN5OS/c24-14-4-3-5-17(12-14)29-23(30)28-16-10-8-15(9-11-16)27-21-20-18-6-1-2-7-19(18)31-22(20)26-13-25-21/h3-5,8-13H,1-2,6-7H2,(H,25,26,27)(H2,28,29,30). The lowest BCUT2D eigenvalue weighted by atomic mass is 9.97. The van der Waals surface area contributed by atoms with E-state index in [0.717, 1.165) is 44.7 Å². The fraction of sp³-hybridized carbons (Fsp3) is 0.174. The van der Waals surface area contributed by atoms with Gasteiger partial charge in [-0.3, -0.25) is 0 Å². The molecule has 4 aromatic rings. The van der Waals surface area contributed by atoms with E-state index in [-0.39, 0.29) is 6.03 Å². The van der Waals surface area contributed by atoms with Crippen molar-refractivity contribution >= 4 is 66.4 Å². The molecule has 0 saturated carbocycles. The minimum absolute atomic E-state index is 0.291. The van der Waals surface area contributed by atoms with Crippen molar-refractivity contribution < 1.29 is 4.79 Å². The number of benzene rings is 2. The van der Waals surface area contributed by atoms with Crippen LogP contribution >= 0.6 is 27.3 Å². The minimum Gasteiger partial charge on any atom is -0.340 e. The third-order valence-corrected chi connectivity index (χ3v) is 6.93. The summed E-state index contributed by atoms with van der Waals surface area (Å²) in [6, 6.07) is 14.8. The highest BCUT2D eigenvalue weighted by Gasteiger charge is 2.19. The van der Waals surface area contributed by atoms with Gasteiger partial charge in [0.1, 0.15) is 17.0 Å². The molecule has 2 aromatic heterocycles. The number of urea groups is 1. The molecule has 6 nitrogen and oxygen atoms in total. The van der Waals surface area contributed by atoms with Crippen LogP contribution in [-0.4, -0.2) is 16.0 Å². The third kappa shape index (κ3) is 4.40. The molecule has 5 rings (SSSR count). The van der Waals surface area contributed by atoms with Crippen LogP contribution in [0.3, 0.4) is 0 Å². The van der Waals surface area contributed by atoms with E-state index in [1.54, 1.807) is 17.7 Å². The fourth-order valence-corrected chi connectivity index (χ4v) is 5.45. The van der Waals surface area contributed by atoms with E-state index in [2.05, 4.69) is 41.8 Å². The van der Waals surface area contributed by atoms with Gasteiger partial charge in [-0.05, 0) is 73.7 Å². The predicted octanol–water partition coefficient (Wildman–Crippen LogP) is 6.72. The summed E-state index contributed by atoms with van der Waals surface area (Å²) in [4.78, 5) is 23.7. The van der Waals surface area contributed by atoms with Crippen molar-refractivity contribution in [3.8, 4) is 0 Å². The fourth-order valence-electron chi connectivity index (χ4n) is 3.82. The molecule has 1 aliphatic carbocycles. The van der Waals surface area contributed by atoms with Gasteiger partial charge >= 0.3 is 6.03 Å². The summed E-state index contributed by atoms with van der Waals surface area (Å²) < 4.78 is 0.909. The lowest BCUT2D eigenvalue weighted by Gasteiger charge is -2.13. The Hall–Kier alpha value is -2.97. The summed E-state index contributed by atoms with van der Waals surface area (Å²) in [5.41, 5.74) is 3.74. The predicted molar refractivity (Wildman–Crippen MR) is 131 cm³/mol. The van der Waals surface area contributed by atoms with Gasteiger partial charge < -0.3 is 16.0 Å². The van der Waals surface area contributed by atoms with Gasteiger partial charge in [0.25, 0.3) is 0 Å². The molecule has 2 heterocycles. The Labute approximate surface area is 192 Å². The first kappa shape index (κ1) is 20.0. The van der Waals surface area contributed by atoms with E-state index in [0.29, 0.717) is 5.69 Å². The summed E-state index contributed by atoms with van der Waals surface area (Å²) in [5.74, 6) is 0.845. The van der Waals surface area contributed by atoms with Crippen LogP contribution in [0.15, 0.2) is 59.3 Å². The number of aromatic nitrogens is 2. The van der Waals surface area contributed by atoms with E-state index >= 15 is 0 Å². The van der Waals surface area contributed by atoms with Crippen LogP contribution in [0.1, 0.15) is 23.3 Å². The van der Waals surface area contributed by atoms with Gasteiger partial charge in [-0.25, -0.2) is 14.8 Å². The number of aryl methyl sites for hydroxylation is 2. The molecule has 0 atom stereocenters. The molecule has 0 saturated heterocycles. The lowest BCUT2D eigenvalue weighted by Crippen LogP contribution is -2.19. The van der Waals surface area contributed by atoms with Gasteiger partial charge in [-0.15, -0.1) is 11.3 Å². The molecule has 0 radical (unpaired) electrons. The van der Waals surface area contributed by atoms with Crippen LogP contribution in [0.5, 0.6) is 0 Å². The van der Waals surface area contributed by atoms with Gasteiger partial charge in [0, 0.05) is 26.4 Å². The summed E-state index contributed by atoms with van der Waals surface area (Å²) in [6.07, 6.45) is 6.31. The van der Waals surface area contributed by atoms with Gasteiger partial charge in [-0.2, -0.15) is 0 Å². The van der Waals surface area contributed by atoms with Crippen molar-refractivity contribution in [2.24, 2.45) is 0 Å². The number of halogens is 1. The van der Waals surface area contributed by atoms with Crippen molar-refractivity contribution in [3.05, 3.63) is 69.8 Å². The molecule has 156 valence electrons. The van der Waals surface area contributed by atoms with Crippen molar-refractivity contribution in [2.75, 3.05) is 16.0 Å². The van der Waals surface area contributed by atoms with Crippen LogP contribution < -0.4 is 16.0 Å². The van der Waals surface area contributed by atoms with Crippen LogP contribution in [0.4, 0.5) is 27.7 Å². The number of amides is 2. The van der Waals surface area contributed by atoms with Crippen molar-refractivity contribution in [2.45, 2.75) is 25.7 Å². The highest BCUT2D eigenvalue weighted by molar-refractivity contribution is 9.10. The zero-order valence-corrected chi connectivity index (χ0v) is 19.0. The molecule has 0 spiro atoms. The first-order valence-electron chi connectivity index (χ1n) is 10.1. The second-order valence-electron chi connectivity index (χ2n) is 7.41. The first-order chi connectivity index (χ1) is 15.2. The number of hydrogen-bond acceptors (Lipinski definition) is 5. The maximum atomic E-state index is 12.3. The zero-order valence-electron chi connectivity index (χ0n) is 16.6. The number of nitrogens with zero attached hydrogens (tertiary/aromatic N) is 2. The van der Waals surface area contributed by atoms with Crippen LogP contribution in [0, 0.1) is 0 Å². The average molecular weight is 494 g/mol. The molecule has 31 heavy (non-hydrogen) atoms. The van der Waals surface area contributed by atoms with E-state index in [9.17, 15) is 4.79 Å². The van der Waals surface area contributed by atoms with Crippen molar-refractivity contribution in [1.82, 2.24) is 9.97 Å². The Morgan fingerprint density at radius 2 is 1.71 bits per heavy atom. The number of carbonyl (C=O) groups is 1. The van der Waals surface area contributed by atoms with E-state index in [1.807, 2.05) is 48.5 Å². The maximum Gasteiger partial charge on any atom is 0.323 e. The Kier molecular flexibility index (Phi) is 5.57. The Bertz CT molecular complexity index is 1250. The summed E-state index contributed by atoms with van der Waals surface area (Å²) in [6.45, 7) is 0. The molecular weight excluding hydrogens is 474 g/mol. The highest BCUT2D eigenvalue weighted by atomic mass is 79.9. The SMILES string of the molecule is O=C(Nc1ccc(Nc2ncnc3sc4c(c23)CCCC4)cc1)Nc1cccc(Br)c1. The number of hydrogen-bond donors (Lipinski definition) is 3. The Morgan fingerprint density at radius 1 is 0.935 bits per heavy atom. The highest BCUT2D eigenvalue weighted by Crippen LogP contribution is 2.38. The van der Waals surface area contributed by atoms with E-state index < -0.39 is 0 Å². The minimum atomic E-state index is -0.291. The van der Waals surface area contributed by atoms with Gasteiger partial charge in [0.15, 0.2) is 0 Å². The van der Waals surface area contributed by atoms with Crippen LogP contribution in [-0.2, 0) is 12.8 Å². The number of anilines is 4. The molecule has 0 unspecified atom stereocenters. The topological polar surface area (TPSA) is 78.9 Å². The molecular formula is C23H20BrN5OS. The smallest absolute Gasteiger partial charge is 0.323 e. The van der Waals surface area contributed by atoms with E-state index in [1.165, 1.54) is 23.3 Å². The first-order valence-corrected chi connectivity index (χ1v) is 11.7. The van der Waals surface area contributed by atoms with E-state index in [4.69, 9.17) is 0 Å². The average Bonchev–Trinajstić information content (AvgIpc) is 3.15. The molecule has 3 N–H and O–H groups in total. The number of rotatable bonds is 4. The second-order valence-corrected chi connectivity index (χ2v) is 9.40. The summed E-state index contributed by atoms with van der Waals surface area (Å²) in [5, 5.41) is 10.3. The normalized spacial score (nSPS) is 12.9. The molecule has 2 aromatic carbocycles. The maximum absolute atomic E-state index is 12.3. The number of thiophene rings is 1. The second kappa shape index (κ2) is 8.64. The lowest BCUT2D eigenvalue weighted by molar-refractivity contribution is 0.262. The van der Waals surface area contributed by atoms with Crippen LogP contribution in [0.25, 0.3) is 10.2 Å². The summed E-state index contributed by atoms with van der Waals surface area (Å²) in [7, 11) is 0. The Balaban J connectivity index is 1.30. The van der Waals surface area contributed by atoms with Crippen molar-refractivity contribution in [1.29, 1.82) is 0 Å². The third-order valence-electron chi connectivity index (χ3n) is 5.24. The molecule has 2 amide bonds. The number of nitrogens with one attached hydrogen (secondary N) is 3. The Morgan fingerprint density at radius 3 is 2.55 bits per heavy atom. The van der Waals surface area contributed by atoms with Gasteiger partial charge in [0.2, 0.25) is 0 Å². The van der Waals surface area contributed by atoms with Crippen LogP contribution in [0.2, 0.25) is 0 Å². The monoisotopic (exact) mass is 493 g/mol. The van der Waals surface area contributed by atoms with Crippen molar-refractivity contribution in [3.63, 3.8) is 0 Å². The molecule has 0 bridgehead atoms. The molecule has 8 heteroatoms. The number of carbonyl (C=O) groups excluding carboxylic acids is 1. The number of fused-ring (bicyclic) bond motifs is 3. The molecule has 1 aliphatic rings. The molecule has 0 fully saturated rings.